The van der Waals surface area contributed by atoms with Gasteiger partial charge < -0.3 is 0 Å². The molecular formula is C36H18N12. The lowest BCUT2D eigenvalue weighted by molar-refractivity contribution is 1.06. The fourth-order valence-corrected chi connectivity index (χ4v) is 4.78. The van der Waals surface area contributed by atoms with E-state index in [1.54, 1.807) is 55.4 Å². The molecule has 12 heteroatoms. The van der Waals surface area contributed by atoms with Crippen LogP contribution in [0.4, 0.5) is 0 Å². The Balaban J connectivity index is 1.28. The van der Waals surface area contributed by atoms with Crippen LogP contribution in [-0.2, 0) is 0 Å². The zero-order valence-corrected chi connectivity index (χ0v) is 24.8. The summed E-state index contributed by atoms with van der Waals surface area (Å²) in [4.78, 5) is 40.5. The quantitative estimate of drug-likeness (QED) is 0.216. The van der Waals surface area contributed by atoms with E-state index in [2.05, 4.69) is 48.1 Å². The van der Waals surface area contributed by atoms with E-state index in [0.717, 1.165) is 0 Å². The zero-order chi connectivity index (χ0) is 32.9. The van der Waals surface area contributed by atoms with Crippen molar-refractivity contribution in [1.29, 1.82) is 15.8 Å². The topological polar surface area (TPSA) is 187 Å². The first kappa shape index (κ1) is 29.1. The standard InChI is InChI=1S/C36H18N12/c37-10-22-7-28(16-40-13-22)31-4-1-25(19-43-31)34-46-35(26-2-5-32(44-20-26)29-8-23(11-38)14-41-17-29)48-36(47-34)27-3-6-33(45-21-27)30-9-24(12-39)15-42-18-30/h1-9,13-21H. The Kier molecular flexibility index (Phi) is 7.75. The Morgan fingerprint density at radius 2 is 0.667 bits per heavy atom. The van der Waals surface area contributed by atoms with Crippen molar-refractivity contribution in [3.63, 3.8) is 0 Å². The second kappa shape index (κ2) is 12.8. The Morgan fingerprint density at radius 1 is 0.354 bits per heavy atom. The van der Waals surface area contributed by atoms with Crippen LogP contribution in [0.1, 0.15) is 16.7 Å². The van der Waals surface area contributed by atoms with Crippen molar-refractivity contribution in [1.82, 2.24) is 44.9 Å². The number of aromatic nitrogens is 9. The number of hydrogen-bond acceptors (Lipinski definition) is 12. The molecule has 0 aromatic carbocycles. The minimum absolute atomic E-state index is 0.378. The summed E-state index contributed by atoms with van der Waals surface area (Å²) >= 11 is 0. The van der Waals surface area contributed by atoms with E-state index in [4.69, 9.17) is 15.0 Å². The molecule has 0 aliphatic rings. The summed E-state index contributed by atoms with van der Waals surface area (Å²) in [6.45, 7) is 0. The average Bonchev–Trinajstić information content (AvgIpc) is 3.18. The van der Waals surface area contributed by atoms with Crippen molar-refractivity contribution in [3.05, 3.63) is 127 Å². The van der Waals surface area contributed by atoms with Crippen molar-refractivity contribution >= 4 is 0 Å². The number of rotatable bonds is 6. The summed E-state index contributed by atoms with van der Waals surface area (Å²) < 4.78 is 0. The van der Waals surface area contributed by atoms with E-state index in [-0.39, 0.29) is 0 Å². The molecule has 0 fully saturated rings. The van der Waals surface area contributed by atoms with Crippen LogP contribution in [0.25, 0.3) is 67.9 Å². The van der Waals surface area contributed by atoms with Crippen LogP contribution in [0.5, 0.6) is 0 Å². The number of nitrogens with zero attached hydrogens (tertiary/aromatic N) is 12. The predicted molar refractivity (Wildman–Crippen MR) is 173 cm³/mol. The molecule has 7 aromatic heterocycles. The molecule has 0 spiro atoms. The minimum atomic E-state index is 0.378. The first-order chi connectivity index (χ1) is 23.6. The summed E-state index contributed by atoms with van der Waals surface area (Å²) in [5, 5.41) is 27.8. The van der Waals surface area contributed by atoms with E-state index in [1.807, 2.05) is 36.4 Å². The first-order valence-corrected chi connectivity index (χ1v) is 14.3. The normalized spacial score (nSPS) is 10.4. The molecule has 0 bridgehead atoms. The highest BCUT2D eigenvalue weighted by molar-refractivity contribution is 5.70. The lowest BCUT2D eigenvalue weighted by atomic mass is 10.1. The van der Waals surface area contributed by atoms with Crippen molar-refractivity contribution in [2.45, 2.75) is 0 Å². The maximum atomic E-state index is 9.26. The molecule has 0 aliphatic heterocycles. The van der Waals surface area contributed by atoms with Crippen LogP contribution < -0.4 is 0 Å². The molecule has 7 aromatic rings. The zero-order valence-electron chi connectivity index (χ0n) is 24.8. The summed E-state index contributed by atoms with van der Waals surface area (Å²) in [6, 6.07) is 22.4. The van der Waals surface area contributed by atoms with Crippen LogP contribution in [0, 0.1) is 34.0 Å². The Labute approximate surface area is 273 Å². The highest BCUT2D eigenvalue weighted by Gasteiger charge is 2.15. The summed E-state index contributed by atoms with van der Waals surface area (Å²) in [5.41, 5.74) is 7.28. The average molecular weight is 619 g/mol. The van der Waals surface area contributed by atoms with Gasteiger partial charge in [-0.1, -0.05) is 0 Å². The van der Waals surface area contributed by atoms with Gasteiger partial charge in [0.05, 0.1) is 33.8 Å². The van der Waals surface area contributed by atoms with E-state index in [1.165, 1.54) is 18.6 Å². The fraction of sp³-hybridized carbons (Fsp3) is 0. The third-order valence-corrected chi connectivity index (χ3v) is 7.19. The highest BCUT2D eigenvalue weighted by Crippen LogP contribution is 2.28. The van der Waals surface area contributed by atoms with Crippen molar-refractivity contribution < 1.29 is 0 Å². The van der Waals surface area contributed by atoms with Crippen LogP contribution in [0.15, 0.2) is 110 Å². The maximum Gasteiger partial charge on any atom is 0.165 e. The maximum absolute atomic E-state index is 9.26. The van der Waals surface area contributed by atoms with Gasteiger partial charge in [0.2, 0.25) is 0 Å². The summed E-state index contributed by atoms with van der Waals surface area (Å²) in [6.07, 6.45) is 14.4. The molecule has 0 N–H and O–H groups in total. The van der Waals surface area contributed by atoms with Crippen LogP contribution in [0.2, 0.25) is 0 Å². The molecule has 222 valence electrons. The Bertz CT molecular complexity index is 2140. The lowest BCUT2D eigenvalue weighted by Gasteiger charge is -2.09. The van der Waals surface area contributed by atoms with Gasteiger partial charge in [0.15, 0.2) is 17.5 Å². The Hall–Kier alpha value is -7.62. The van der Waals surface area contributed by atoms with Crippen molar-refractivity contribution in [2.24, 2.45) is 0 Å². The smallest absolute Gasteiger partial charge is 0.165 e. The van der Waals surface area contributed by atoms with Crippen molar-refractivity contribution in [3.8, 4) is 86.1 Å². The van der Waals surface area contributed by atoms with Gasteiger partial charge >= 0.3 is 0 Å². The molecule has 48 heavy (non-hydrogen) atoms. The first-order valence-electron chi connectivity index (χ1n) is 14.3. The monoisotopic (exact) mass is 618 g/mol. The van der Waals surface area contributed by atoms with Gasteiger partial charge in [-0.05, 0) is 54.6 Å². The molecule has 7 heterocycles. The third-order valence-electron chi connectivity index (χ3n) is 7.19. The fourth-order valence-electron chi connectivity index (χ4n) is 4.78. The molecule has 7 rings (SSSR count). The summed E-state index contributed by atoms with van der Waals surface area (Å²) in [5.74, 6) is 1.13. The van der Waals surface area contributed by atoms with Gasteiger partial charge in [0, 0.05) is 89.2 Å². The lowest BCUT2D eigenvalue weighted by Crippen LogP contribution is -2.01. The van der Waals surface area contributed by atoms with Gasteiger partial charge in [-0.25, -0.2) is 15.0 Å². The van der Waals surface area contributed by atoms with E-state index < -0.39 is 0 Å². The van der Waals surface area contributed by atoms with E-state index >= 15 is 0 Å². The van der Waals surface area contributed by atoms with Gasteiger partial charge in [0.1, 0.15) is 18.2 Å². The predicted octanol–water partition coefficient (Wildman–Crippen LogP) is 5.86. The molecule has 0 atom stereocenters. The van der Waals surface area contributed by atoms with Gasteiger partial charge in [-0.2, -0.15) is 15.8 Å². The molecule has 0 unspecified atom stereocenters. The third kappa shape index (κ3) is 6.02. The second-order valence-corrected chi connectivity index (χ2v) is 10.3. The van der Waals surface area contributed by atoms with Crippen LogP contribution >= 0.6 is 0 Å². The number of hydrogen-bond donors (Lipinski definition) is 0. The second-order valence-electron chi connectivity index (χ2n) is 10.3. The molecule has 0 saturated heterocycles. The molecule has 0 aliphatic carbocycles. The van der Waals surface area contributed by atoms with Crippen LogP contribution in [-0.4, -0.2) is 44.9 Å². The highest BCUT2D eigenvalue weighted by atomic mass is 15.0. The van der Waals surface area contributed by atoms with Crippen LogP contribution in [0.3, 0.4) is 0 Å². The molecule has 0 radical (unpaired) electrons. The van der Waals surface area contributed by atoms with E-state index in [0.29, 0.717) is 84.6 Å². The van der Waals surface area contributed by atoms with Gasteiger partial charge in [-0.3, -0.25) is 29.9 Å². The molecular weight excluding hydrogens is 600 g/mol. The SMILES string of the molecule is N#Cc1cncc(-c2ccc(-c3nc(-c4ccc(-c5cncc(C#N)c5)nc4)nc(-c4ccc(-c5cncc(C#N)c5)nc4)n3)cn2)c1. The van der Waals surface area contributed by atoms with Gasteiger partial charge in [0.25, 0.3) is 0 Å². The summed E-state index contributed by atoms with van der Waals surface area (Å²) in [7, 11) is 0. The largest absolute Gasteiger partial charge is 0.263 e. The van der Waals surface area contributed by atoms with Gasteiger partial charge in [-0.15, -0.1) is 0 Å². The number of nitriles is 3. The number of pyridine rings is 6. The van der Waals surface area contributed by atoms with E-state index in [9.17, 15) is 15.8 Å². The minimum Gasteiger partial charge on any atom is -0.263 e. The molecule has 0 saturated carbocycles. The molecule has 0 amide bonds. The van der Waals surface area contributed by atoms with Crippen molar-refractivity contribution in [2.75, 3.05) is 0 Å². The Morgan fingerprint density at radius 3 is 0.917 bits per heavy atom. The molecule has 12 nitrogen and oxygen atoms in total.